The van der Waals surface area contributed by atoms with Crippen molar-refractivity contribution in [2.24, 2.45) is 0 Å². The summed E-state index contributed by atoms with van der Waals surface area (Å²) < 4.78 is 0. The molecule has 0 bridgehead atoms. The van der Waals surface area contributed by atoms with Gasteiger partial charge in [-0.15, -0.1) is 0 Å². The molecule has 0 aromatic rings. The maximum Gasteiger partial charge on any atom is 0.0113 e. The second kappa shape index (κ2) is 13.4. The normalized spacial score (nSPS) is 22.5. The number of hydrazine groups is 4. The van der Waals surface area contributed by atoms with Gasteiger partial charge in [0.2, 0.25) is 0 Å². The van der Waals surface area contributed by atoms with Crippen LogP contribution < -0.4 is 27.5 Å². The Hall–Kier alpha value is 0.319. The first-order chi connectivity index (χ1) is 7.50. The van der Waals surface area contributed by atoms with Crippen LogP contribution in [0.5, 0.6) is 0 Å². The number of nitrogens with one attached hydrogen (secondary N) is 5. The third-order valence-electron chi connectivity index (χ3n) is 2.66. The summed E-state index contributed by atoms with van der Waals surface area (Å²) in [7, 11) is 0. The topological polar surface area (TPSA) is 60.1 Å². The Morgan fingerprint density at radius 2 is 0.812 bits per heavy atom. The summed E-state index contributed by atoms with van der Waals surface area (Å²) in [5.74, 6) is 0. The van der Waals surface area contributed by atoms with E-state index in [1.54, 1.807) is 0 Å². The molecule has 1 aliphatic rings. The molecule has 0 aromatic heterocycles. The molecule has 1 radical (unpaired) electrons. The van der Waals surface area contributed by atoms with Gasteiger partial charge in [0.05, 0.1) is 0 Å². The Kier molecular flexibility index (Phi) is 13.7. The molecule has 16 heavy (non-hydrogen) atoms. The standard InChI is InChI=1S/C10H25N5.Mn/c1-2-4-6-8-10-12-14-15-13-11-9-7-5-3-1;/h11-15H,1-10H2;. The van der Waals surface area contributed by atoms with E-state index in [9.17, 15) is 0 Å². The summed E-state index contributed by atoms with van der Waals surface area (Å²) >= 11 is 0. The second-order valence-electron chi connectivity index (χ2n) is 4.06. The van der Waals surface area contributed by atoms with Crippen molar-refractivity contribution in [3.8, 4) is 0 Å². The van der Waals surface area contributed by atoms with Crippen molar-refractivity contribution in [2.45, 2.75) is 51.4 Å². The SMILES string of the molecule is C1CCCCCNNNNNCCCC1.[Mn]. The fraction of sp³-hybridized carbons (Fsp3) is 1.00. The van der Waals surface area contributed by atoms with Crippen LogP contribution in [0.4, 0.5) is 0 Å². The molecule has 0 atom stereocenters. The van der Waals surface area contributed by atoms with Gasteiger partial charge in [-0.1, -0.05) is 38.5 Å². The van der Waals surface area contributed by atoms with Crippen LogP contribution in [-0.4, -0.2) is 13.1 Å². The minimum Gasteiger partial charge on any atom is -0.243 e. The average Bonchev–Trinajstić information content (AvgIpc) is 2.27. The van der Waals surface area contributed by atoms with Crippen LogP contribution in [0, 0.1) is 0 Å². The molecule has 0 amide bonds. The first kappa shape index (κ1) is 16.3. The summed E-state index contributed by atoms with van der Waals surface area (Å²) in [6.07, 6.45) is 10.7. The van der Waals surface area contributed by atoms with Crippen molar-refractivity contribution in [1.29, 1.82) is 0 Å². The molecule has 97 valence electrons. The van der Waals surface area contributed by atoms with Gasteiger partial charge in [-0.25, -0.2) is 10.9 Å². The molecule has 1 fully saturated rings. The summed E-state index contributed by atoms with van der Waals surface area (Å²) in [4.78, 5) is 0. The summed E-state index contributed by atoms with van der Waals surface area (Å²) in [6, 6.07) is 0. The van der Waals surface area contributed by atoms with Crippen molar-refractivity contribution in [1.82, 2.24) is 27.5 Å². The summed E-state index contributed by atoms with van der Waals surface area (Å²) in [5, 5.41) is 0. The molecule has 1 aliphatic heterocycles. The molecule has 0 aromatic carbocycles. The van der Waals surface area contributed by atoms with E-state index in [-0.39, 0.29) is 17.1 Å². The van der Waals surface area contributed by atoms with E-state index >= 15 is 0 Å². The molecule has 1 heterocycles. The van der Waals surface area contributed by atoms with Gasteiger partial charge in [0.25, 0.3) is 0 Å². The molecule has 1 rings (SSSR count). The minimum absolute atomic E-state index is 0. The van der Waals surface area contributed by atoms with Crippen LogP contribution in [0.2, 0.25) is 0 Å². The quantitative estimate of drug-likeness (QED) is 0.420. The third kappa shape index (κ3) is 10.8. The zero-order valence-electron chi connectivity index (χ0n) is 9.95. The largest absolute Gasteiger partial charge is 0.243 e. The molecular weight excluding hydrogens is 245 g/mol. The summed E-state index contributed by atoms with van der Waals surface area (Å²) in [5.41, 5.74) is 14.8. The fourth-order valence-electron chi connectivity index (χ4n) is 1.73. The van der Waals surface area contributed by atoms with Crippen molar-refractivity contribution < 1.29 is 17.1 Å². The van der Waals surface area contributed by atoms with Gasteiger partial charge in [-0.3, -0.25) is 0 Å². The first-order valence-electron chi connectivity index (χ1n) is 6.21. The van der Waals surface area contributed by atoms with Gasteiger partial charge in [-0.05, 0) is 12.8 Å². The van der Waals surface area contributed by atoms with E-state index in [4.69, 9.17) is 0 Å². The van der Waals surface area contributed by atoms with Gasteiger partial charge in [-0.2, -0.15) is 16.6 Å². The van der Waals surface area contributed by atoms with E-state index < -0.39 is 0 Å². The van der Waals surface area contributed by atoms with Gasteiger partial charge >= 0.3 is 0 Å². The zero-order valence-corrected chi connectivity index (χ0v) is 11.1. The molecule has 1 saturated heterocycles. The van der Waals surface area contributed by atoms with E-state index in [1.165, 1.54) is 51.4 Å². The third-order valence-corrected chi connectivity index (χ3v) is 2.66. The van der Waals surface area contributed by atoms with Crippen molar-refractivity contribution in [3.05, 3.63) is 0 Å². The molecule has 0 aliphatic carbocycles. The van der Waals surface area contributed by atoms with E-state index in [1.807, 2.05) is 0 Å². The molecule has 5 nitrogen and oxygen atoms in total. The van der Waals surface area contributed by atoms with Crippen LogP contribution in [0.25, 0.3) is 0 Å². The second-order valence-corrected chi connectivity index (χ2v) is 4.06. The Balaban J connectivity index is 0.00000225. The van der Waals surface area contributed by atoms with Gasteiger partial charge in [0.15, 0.2) is 0 Å². The molecule has 5 N–H and O–H groups in total. The smallest absolute Gasteiger partial charge is 0.0113 e. The average molecular weight is 270 g/mol. The Bertz CT molecular complexity index is 77.8. The van der Waals surface area contributed by atoms with Crippen LogP contribution >= 0.6 is 0 Å². The molecule has 0 unspecified atom stereocenters. The van der Waals surface area contributed by atoms with Crippen molar-refractivity contribution in [2.75, 3.05) is 13.1 Å². The van der Waals surface area contributed by atoms with Gasteiger partial charge in [0, 0.05) is 30.2 Å². The van der Waals surface area contributed by atoms with Crippen LogP contribution in [0.3, 0.4) is 0 Å². The van der Waals surface area contributed by atoms with Crippen LogP contribution in [0.1, 0.15) is 51.4 Å². The van der Waals surface area contributed by atoms with Crippen molar-refractivity contribution in [3.63, 3.8) is 0 Å². The van der Waals surface area contributed by atoms with Gasteiger partial charge in [0.1, 0.15) is 0 Å². The Labute approximate surface area is 109 Å². The molecule has 6 heteroatoms. The minimum atomic E-state index is 0. The van der Waals surface area contributed by atoms with E-state index in [0.717, 1.165) is 13.1 Å². The zero-order chi connectivity index (χ0) is 10.6. The first-order valence-corrected chi connectivity index (χ1v) is 6.21. The summed E-state index contributed by atoms with van der Waals surface area (Å²) in [6.45, 7) is 2.02. The maximum atomic E-state index is 3.09. The van der Waals surface area contributed by atoms with Crippen molar-refractivity contribution >= 4 is 0 Å². The van der Waals surface area contributed by atoms with Crippen LogP contribution in [-0.2, 0) is 17.1 Å². The molecule has 0 spiro atoms. The van der Waals surface area contributed by atoms with Crippen LogP contribution in [0.15, 0.2) is 0 Å². The number of hydrogen-bond acceptors (Lipinski definition) is 5. The predicted molar refractivity (Wildman–Crippen MR) is 62.3 cm³/mol. The Morgan fingerprint density at radius 3 is 1.25 bits per heavy atom. The Morgan fingerprint density at radius 1 is 0.438 bits per heavy atom. The number of rotatable bonds is 0. The van der Waals surface area contributed by atoms with E-state index in [0.29, 0.717) is 0 Å². The monoisotopic (exact) mass is 270 g/mol. The molecular formula is C10H25MnN5. The van der Waals surface area contributed by atoms with Gasteiger partial charge < -0.3 is 0 Å². The fourth-order valence-corrected chi connectivity index (χ4v) is 1.73. The van der Waals surface area contributed by atoms with E-state index in [2.05, 4.69) is 27.5 Å². The molecule has 0 saturated carbocycles. The maximum absolute atomic E-state index is 3.09. The predicted octanol–water partition coefficient (Wildman–Crippen LogP) is 0.726. The number of hydrogen-bond donors (Lipinski definition) is 5.